The number of nitrogens with zero attached hydrogens (tertiary/aromatic N) is 5. The van der Waals surface area contributed by atoms with Crippen LogP contribution < -0.4 is 0 Å². The van der Waals surface area contributed by atoms with E-state index in [2.05, 4.69) is 26.3 Å². The highest BCUT2D eigenvalue weighted by Gasteiger charge is 2.28. The van der Waals surface area contributed by atoms with Crippen LogP contribution in [0, 0.1) is 11.3 Å². The summed E-state index contributed by atoms with van der Waals surface area (Å²) in [6.07, 6.45) is 4.58. The summed E-state index contributed by atoms with van der Waals surface area (Å²) in [6, 6.07) is 2.09. The van der Waals surface area contributed by atoms with Crippen molar-refractivity contribution >= 4 is 0 Å². The van der Waals surface area contributed by atoms with Crippen LogP contribution in [0.5, 0.6) is 0 Å². The third kappa shape index (κ3) is 1.38. The minimum Gasteiger partial charge on any atom is -0.279 e. The van der Waals surface area contributed by atoms with E-state index in [1.807, 2.05) is 13.8 Å². The van der Waals surface area contributed by atoms with Gasteiger partial charge in [0.05, 0.1) is 17.5 Å². The molecule has 76 valence electrons. The molecule has 0 aliphatic carbocycles. The fourth-order valence-electron chi connectivity index (χ4n) is 1.45. The Morgan fingerprint density at radius 3 is 2.93 bits per heavy atom. The minimum atomic E-state index is -0.460. The highest BCUT2D eigenvalue weighted by atomic mass is 15.4. The molecule has 2 heterocycles. The Morgan fingerprint density at radius 2 is 2.33 bits per heavy atom. The molecule has 0 bridgehead atoms. The van der Waals surface area contributed by atoms with Gasteiger partial charge in [0.15, 0.2) is 0 Å². The summed E-state index contributed by atoms with van der Waals surface area (Å²) in [5.41, 5.74) is 0.795. The molecule has 0 fully saturated rings. The molecule has 0 aliphatic rings. The zero-order chi connectivity index (χ0) is 10.9. The first kappa shape index (κ1) is 9.40. The average Bonchev–Trinajstić information content (AvgIpc) is 2.89. The Labute approximate surface area is 86.6 Å². The number of rotatable bonds is 2. The number of aromatic amines is 1. The van der Waals surface area contributed by atoms with E-state index in [9.17, 15) is 0 Å². The van der Waals surface area contributed by atoms with E-state index in [-0.39, 0.29) is 0 Å². The number of H-pyrrole nitrogens is 1. The van der Waals surface area contributed by atoms with E-state index in [0.717, 1.165) is 5.69 Å². The Hall–Kier alpha value is -2.16. The van der Waals surface area contributed by atoms with Gasteiger partial charge in [0.1, 0.15) is 24.3 Å². The molecule has 2 aromatic heterocycles. The standard InChI is InChI=1S/C9H10N6/c1-9(2,15-6-11-5-13-15)8-7(3-10)4-12-14-8/h4-6H,1-2H3,(H,12,14). The Bertz CT molecular complexity index is 487. The minimum absolute atomic E-state index is 0.460. The van der Waals surface area contributed by atoms with Crippen molar-refractivity contribution in [2.24, 2.45) is 0 Å². The number of aromatic nitrogens is 5. The molecule has 1 N–H and O–H groups in total. The van der Waals surface area contributed by atoms with Gasteiger partial charge in [0, 0.05) is 0 Å². The molecule has 0 saturated carbocycles. The van der Waals surface area contributed by atoms with Crippen molar-refractivity contribution in [2.75, 3.05) is 0 Å². The van der Waals surface area contributed by atoms with Crippen LogP contribution in [-0.2, 0) is 5.54 Å². The summed E-state index contributed by atoms with van der Waals surface area (Å²) in [5.74, 6) is 0. The summed E-state index contributed by atoms with van der Waals surface area (Å²) in [4.78, 5) is 3.89. The molecule has 0 saturated heterocycles. The number of nitrogens with one attached hydrogen (secondary N) is 1. The van der Waals surface area contributed by atoms with Gasteiger partial charge in [-0.1, -0.05) is 0 Å². The van der Waals surface area contributed by atoms with Crippen LogP contribution >= 0.6 is 0 Å². The maximum atomic E-state index is 8.91. The molecule has 2 rings (SSSR count). The van der Waals surface area contributed by atoms with Gasteiger partial charge in [0.25, 0.3) is 0 Å². The van der Waals surface area contributed by atoms with Crippen molar-refractivity contribution in [1.29, 1.82) is 5.26 Å². The summed E-state index contributed by atoms with van der Waals surface area (Å²) < 4.78 is 1.68. The van der Waals surface area contributed by atoms with Gasteiger partial charge in [-0.2, -0.15) is 15.5 Å². The molecule has 6 nitrogen and oxygen atoms in total. The molecule has 0 spiro atoms. The second kappa shape index (κ2) is 3.20. The molecule has 2 aromatic rings. The first-order valence-corrected chi connectivity index (χ1v) is 4.45. The lowest BCUT2D eigenvalue weighted by Crippen LogP contribution is -2.29. The summed E-state index contributed by atoms with van der Waals surface area (Å²) in [6.45, 7) is 3.88. The number of nitriles is 1. The van der Waals surface area contributed by atoms with E-state index >= 15 is 0 Å². The fourth-order valence-corrected chi connectivity index (χ4v) is 1.45. The van der Waals surface area contributed by atoms with E-state index < -0.39 is 5.54 Å². The molecule has 0 aliphatic heterocycles. The van der Waals surface area contributed by atoms with Gasteiger partial charge in [-0.25, -0.2) is 9.67 Å². The van der Waals surface area contributed by atoms with Crippen LogP contribution in [0.15, 0.2) is 18.9 Å². The van der Waals surface area contributed by atoms with Gasteiger partial charge in [0.2, 0.25) is 0 Å². The van der Waals surface area contributed by atoms with E-state index in [4.69, 9.17) is 5.26 Å². The molecule has 0 unspecified atom stereocenters. The van der Waals surface area contributed by atoms with Crippen molar-refractivity contribution in [2.45, 2.75) is 19.4 Å². The highest BCUT2D eigenvalue weighted by Crippen LogP contribution is 2.24. The Balaban J connectivity index is 2.52. The van der Waals surface area contributed by atoms with Crippen LogP contribution in [0.25, 0.3) is 0 Å². The van der Waals surface area contributed by atoms with Crippen LogP contribution in [0.3, 0.4) is 0 Å². The predicted molar refractivity (Wildman–Crippen MR) is 51.7 cm³/mol. The molecular weight excluding hydrogens is 192 g/mol. The first-order chi connectivity index (χ1) is 7.16. The number of hydrogen-bond donors (Lipinski definition) is 1. The maximum absolute atomic E-state index is 8.91. The molecule has 6 heteroatoms. The quantitative estimate of drug-likeness (QED) is 0.775. The van der Waals surface area contributed by atoms with E-state index in [1.165, 1.54) is 12.5 Å². The van der Waals surface area contributed by atoms with Crippen LogP contribution in [0.2, 0.25) is 0 Å². The molecule has 0 amide bonds. The molecule has 15 heavy (non-hydrogen) atoms. The monoisotopic (exact) mass is 202 g/mol. The van der Waals surface area contributed by atoms with Crippen LogP contribution in [0.1, 0.15) is 25.1 Å². The van der Waals surface area contributed by atoms with E-state index in [0.29, 0.717) is 5.56 Å². The van der Waals surface area contributed by atoms with Crippen LogP contribution in [-0.4, -0.2) is 25.0 Å². The largest absolute Gasteiger partial charge is 0.279 e. The van der Waals surface area contributed by atoms with Crippen molar-refractivity contribution in [1.82, 2.24) is 25.0 Å². The number of hydrogen-bond acceptors (Lipinski definition) is 4. The normalized spacial score (nSPS) is 11.3. The average molecular weight is 202 g/mol. The van der Waals surface area contributed by atoms with Crippen molar-refractivity contribution < 1.29 is 0 Å². The van der Waals surface area contributed by atoms with Crippen molar-refractivity contribution in [3.05, 3.63) is 30.1 Å². The summed E-state index contributed by atoms with van der Waals surface area (Å²) in [7, 11) is 0. The molecule has 0 atom stereocenters. The zero-order valence-electron chi connectivity index (χ0n) is 8.47. The smallest absolute Gasteiger partial charge is 0.137 e. The van der Waals surface area contributed by atoms with Gasteiger partial charge in [-0.3, -0.25) is 5.10 Å². The summed E-state index contributed by atoms with van der Waals surface area (Å²) >= 11 is 0. The second-order valence-electron chi connectivity index (χ2n) is 3.67. The van der Waals surface area contributed by atoms with Gasteiger partial charge in [-0.05, 0) is 13.8 Å². The highest BCUT2D eigenvalue weighted by molar-refractivity contribution is 5.34. The lowest BCUT2D eigenvalue weighted by atomic mass is 9.98. The van der Waals surface area contributed by atoms with Gasteiger partial charge in [-0.15, -0.1) is 0 Å². The molecule has 0 radical (unpaired) electrons. The molecular formula is C9H10N6. The molecule has 0 aromatic carbocycles. The maximum Gasteiger partial charge on any atom is 0.137 e. The lowest BCUT2D eigenvalue weighted by molar-refractivity contribution is 0.377. The van der Waals surface area contributed by atoms with Gasteiger partial charge >= 0.3 is 0 Å². The summed E-state index contributed by atoms with van der Waals surface area (Å²) in [5, 5.41) is 19.7. The van der Waals surface area contributed by atoms with Crippen LogP contribution in [0.4, 0.5) is 0 Å². The van der Waals surface area contributed by atoms with E-state index in [1.54, 1.807) is 11.0 Å². The first-order valence-electron chi connectivity index (χ1n) is 4.45. The topological polar surface area (TPSA) is 83.2 Å². The third-order valence-electron chi connectivity index (χ3n) is 2.36. The fraction of sp³-hybridized carbons (Fsp3) is 0.333. The third-order valence-corrected chi connectivity index (χ3v) is 2.36. The second-order valence-corrected chi connectivity index (χ2v) is 3.67. The zero-order valence-corrected chi connectivity index (χ0v) is 8.47. The van der Waals surface area contributed by atoms with Crippen molar-refractivity contribution in [3.63, 3.8) is 0 Å². The van der Waals surface area contributed by atoms with Crippen molar-refractivity contribution in [3.8, 4) is 6.07 Å². The Morgan fingerprint density at radius 1 is 1.53 bits per heavy atom. The SMILES string of the molecule is CC(C)(c1[nH]ncc1C#N)n1cncn1. The Kier molecular flexibility index (Phi) is 2.01. The van der Waals surface area contributed by atoms with Gasteiger partial charge < -0.3 is 0 Å². The predicted octanol–water partition coefficient (Wildman–Crippen LogP) is 0.656. The lowest BCUT2D eigenvalue weighted by Gasteiger charge is -2.23.